The van der Waals surface area contributed by atoms with Crippen molar-refractivity contribution >= 4 is 22.9 Å². The summed E-state index contributed by atoms with van der Waals surface area (Å²) < 4.78 is 0. The van der Waals surface area contributed by atoms with E-state index in [0.29, 0.717) is 11.8 Å². The number of hydrogen-bond acceptors (Lipinski definition) is 0. The Morgan fingerprint density at radius 2 is 1.34 bits per heavy atom. The van der Waals surface area contributed by atoms with Gasteiger partial charge in [-0.2, -0.15) is 0 Å². The lowest BCUT2D eigenvalue weighted by molar-refractivity contribution is 0.665. The van der Waals surface area contributed by atoms with Crippen molar-refractivity contribution in [2.75, 3.05) is 0 Å². The van der Waals surface area contributed by atoms with Gasteiger partial charge < -0.3 is 0 Å². The average Bonchev–Trinajstić information content (AvgIpc) is 3.36. The Bertz CT molecular complexity index is 2440. The van der Waals surface area contributed by atoms with E-state index in [9.17, 15) is 0 Å². The van der Waals surface area contributed by atoms with Crippen LogP contribution in [-0.4, -0.2) is 0 Å². The van der Waals surface area contributed by atoms with E-state index in [0.717, 1.165) is 0 Å². The molecule has 0 radical (unpaired) electrons. The van der Waals surface area contributed by atoms with Crippen LogP contribution in [0, 0.1) is 5.92 Å². The molecule has 0 nitrogen and oxygen atoms in total. The molecule has 6 aromatic rings. The fourth-order valence-electron chi connectivity index (χ4n) is 8.99. The van der Waals surface area contributed by atoms with E-state index in [2.05, 4.69) is 172 Å². The molecule has 6 aromatic carbocycles. The lowest BCUT2D eigenvalue weighted by atomic mass is 9.68. The largest absolute Gasteiger partial charge is 0.0767 e. The Hall–Kier alpha value is -5.46. The molecule has 2 atom stereocenters. The van der Waals surface area contributed by atoms with E-state index >= 15 is 0 Å². The molecule has 2 unspecified atom stereocenters. The van der Waals surface area contributed by atoms with E-state index in [1.54, 1.807) is 0 Å². The zero-order valence-corrected chi connectivity index (χ0v) is 26.7. The highest BCUT2D eigenvalue weighted by Gasteiger charge is 2.37. The van der Waals surface area contributed by atoms with Crippen molar-refractivity contribution in [2.24, 2.45) is 5.92 Å². The Kier molecular flexibility index (Phi) is 5.56. The zero-order chi connectivity index (χ0) is 31.3. The van der Waals surface area contributed by atoms with Gasteiger partial charge in [0.25, 0.3) is 0 Å². The third-order valence-electron chi connectivity index (χ3n) is 11.2. The summed E-state index contributed by atoms with van der Waals surface area (Å²) >= 11 is 0. The third kappa shape index (κ3) is 3.82. The number of benzene rings is 6. The van der Waals surface area contributed by atoms with E-state index < -0.39 is 0 Å². The summed E-state index contributed by atoms with van der Waals surface area (Å²) in [6.07, 6.45) is 16.3. The van der Waals surface area contributed by atoms with Gasteiger partial charge in [-0.3, -0.25) is 0 Å². The monoisotopic (exact) mass is 598 g/mol. The van der Waals surface area contributed by atoms with Gasteiger partial charge in [-0.1, -0.05) is 160 Å². The van der Waals surface area contributed by atoms with Gasteiger partial charge in [0.1, 0.15) is 0 Å². The first-order valence-electron chi connectivity index (χ1n) is 16.9. The molecule has 0 aliphatic heterocycles. The van der Waals surface area contributed by atoms with Gasteiger partial charge >= 0.3 is 0 Å². The Balaban J connectivity index is 1.08. The van der Waals surface area contributed by atoms with Crippen molar-refractivity contribution in [2.45, 2.75) is 25.2 Å². The maximum absolute atomic E-state index is 2.45. The number of hydrogen-bond donors (Lipinski definition) is 0. The molecule has 4 aliphatic rings. The van der Waals surface area contributed by atoms with Crippen molar-refractivity contribution in [1.82, 2.24) is 0 Å². The number of rotatable bonds is 3. The first-order valence-corrected chi connectivity index (χ1v) is 16.9. The first-order chi connectivity index (χ1) is 23.1. The summed E-state index contributed by atoms with van der Waals surface area (Å²) in [7, 11) is 0. The first kappa shape index (κ1) is 26.7. The summed E-state index contributed by atoms with van der Waals surface area (Å²) in [6.45, 7) is 4.78. The van der Waals surface area contributed by atoms with Gasteiger partial charge in [-0.05, 0) is 101 Å². The van der Waals surface area contributed by atoms with Gasteiger partial charge in [-0.25, -0.2) is 0 Å². The van der Waals surface area contributed by atoms with Crippen LogP contribution in [0.5, 0.6) is 0 Å². The Labute approximate surface area is 276 Å². The van der Waals surface area contributed by atoms with E-state index in [-0.39, 0.29) is 5.41 Å². The standard InChI is InChI=1S/C47H34/c1-47(2)43-28-34(22-24-40(43)42-26-19-29-9-3-4-15-37(29)46(42)47)33-12-8-13-35(27-33)36-14-5-6-16-38(36)39-23-20-32-18-17-30-10-7-11-31-21-25-41(39)45(32)44(30)31/h3-28,31,44H,1-2H3. The molecular formula is C47H34. The summed E-state index contributed by atoms with van der Waals surface area (Å²) in [5.41, 5.74) is 18.8. The van der Waals surface area contributed by atoms with Gasteiger partial charge in [0, 0.05) is 17.3 Å². The van der Waals surface area contributed by atoms with Crippen LogP contribution in [0.1, 0.15) is 47.6 Å². The lowest BCUT2D eigenvalue weighted by Crippen LogP contribution is -2.21. The van der Waals surface area contributed by atoms with Crippen molar-refractivity contribution < 1.29 is 0 Å². The second kappa shape index (κ2) is 9.77. The van der Waals surface area contributed by atoms with Crippen LogP contribution in [0.3, 0.4) is 0 Å². The molecule has 10 rings (SSSR count). The molecule has 0 N–H and O–H groups in total. The third-order valence-corrected chi connectivity index (χ3v) is 11.2. The van der Waals surface area contributed by atoms with Crippen LogP contribution >= 0.6 is 0 Å². The fourth-order valence-corrected chi connectivity index (χ4v) is 8.99. The van der Waals surface area contributed by atoms with Gasteiger partial charge in [0.15, 0.2) is 0 Å². The predicted molar refractivity (Wildman–Crippen MR) is 199 cm³/mol. The van der Waals surface area contributed by atoms with Crippen molar-refractivity contribution in [3.63, 3.8) is 0 Å². The number of allylic oxidation sites excluding steroid dienone is 6. The van der Waals surface area contributed by atoms with Crippen LogP contribution in [-0.2, 0) is 5.41 Å². The van der Waals surface area contributed by atoms with Crippen LogP contribution < -0.4 is 0 Å². The molecule has 0 aromatic heterocycles. The predicted octanol–water partition coefficient (Wildman–Crippen LogP) is 12.4. The van der Waals surface area contributed by atoms with Crippen molar-refractivity contribution in [3.05, 3.63) is 179 Å². The second-order valence-electron chi connectivity index (χ2n) is 14.0. The maximum atomic E-state index is 2.45. The molecule has 0 saturated heterocycles. The molecule has 222 valence electrons. The van der Waals surface area contributed by atoms with Crippen LogP contribution in [0.4, 0.5) is 0 Å². The molecule has 0 spiro atoms. The number of fused-ring (bicyclic) bond motifs is 5. The highest BCUT2D eigenvalue weighted by atomic mass is 14.4. The summed E-state index contributed by atoms with van der Waals surface area (Å²) in [6, 6.07) is 43.3. The maximum Gasteiger partial charge on any atom is 0.0199 e. The summed E-state index contributed by atoms with van der Waals surface area (Å²) in [5.74, 6) is 0.834. The molecule has 0 heterocycles. The average molecular weight is 599 g/mol. The quantitative estimate of drug-likeness (QED) is 0.190. The van der Waals surface area contributed by atoms with Crippen LogP contribution in [0.25, 0.3) is 67.4 Å². The minimum absolute atomic E-state index is 0.0789. The van der Waals surface area contributed by atoms with Crippen LogP contribution in [0.15, 0.2) is 151 Å². The van der Waals surface area contributed by atoms with E-state index in [1.807, 2.05) is 0 Å². The topological polar surface area (TPSA) is 0 Å². The van der Waals surface area contributed by atoms with Gasteiger partial charge in [0.05, 0.1) is 0 Å². The molecular weight excluding hydrogens is 565 g/mol. The van der Waals surface area contributed by atoms with Gasteiger partial charge in [0.2, 0.25) is 0 Å². The molecule has 47 heavy (non-hydrogen) atoms. The van der Waals surface area contributed by atoms with E-state index in [4.69, 9.17) is 0 Å². The van der Waals surface area contributed by atoms with Crippen LogP contribution in [0.2, 0.25) is 0 Å². The molecule has 0 bridgehead atoms. The minimum atomic E-state index is -0.0789. The Morgan fingerprint density at radius 1 is 0.553 bits per heavy atom. The fraction of sp³-hybridized carbons (Fsp3) is 0.106. The highest BCUT2D eigenvalue weighted by Crippen LogP contribution is 2.53. The molecule has 0 fully saturated rings. The SMILES string of the molecule is CC1(C)c2cc(-c3cccc(-c4ccccc4-c4ccc5c6c4C=CC4C=CC=C(C=C5)C64)c3)ccc2-c2ccc3ccccc3c21. The van der Waals surface area contributed by atoms with Crippen molar-refractivity contribution in [1.29, 1.82) is 0 Å². The molecule has 0 saturated carbocycles. The summed E-state index contributed by atoms with van der Waals surface area (Å²) in [5, 5.41) is 2.67. The Morgan fingerprint density at radius 3 is 2.28 bits per heavy atom. The van der Waals surface area contributed by atoms with Gasteiger partial charge in [-0.15, -0.1) is 0 Å². The molecule has 4 aliphatic carbocycles. The lowest BCUT2D eigenvalue weighted by Gasteiger charge is -2.36. The van der Waals surface area contributed by atoms with Crippen molar-refractivity contribution in [3.8, 4) is 44.5 Å². The zero-order valence-electron chi connectivity index (χ0n) is 26.7. The summed E-state index contributed by atoms with van der Waals surface area (Å²) in [4.78, 5) is 0. The highest BCUT2D eigenvalue weighted by molar-refractivity contribution is 5.98. The smallest absolute Gasteiger partial charge is 0.0199 e. The molecule has 0 heteroatoms. The molecule has 0 amide bonds. The minimum Gasteiger partial charge on any atom is -0.0767 e. The second-order valence-corrected chi connectivity index (χ2v) is 14.0. The normalized spacial score (nSPS) is 18.9. The van der Waals surface area contributed by atoms with E-state index in [1.165, 1.54) is 88.7 Å².